The Bertz CT molecular complexity index is 241. The topological polar surface area (TPSA) is 26.3 Å². The summed E-state index contributed by atoms with van der Waals surface area (Å²) in [6.07, 6.45) is 3.17. The van der Waals surface area contributed by atoms with Crippen molar-refractivity contribution in [1.82, 2.24) is 0 Å². The number of hydrogen-bond donors (Lipinski definition) is 0. The summed E-state index contributed by atoms with van der Waals surface area (Å²) in [5.41, 5.74) is 1.02. The van der Waals surface area contributed by atoms with Gasteiger partial charge in [0.05, 0.1) is 6.61 Å². The summed E-state index contributed by atoms with van der Waals surface area (Å²) in [7, 11) is 0. The molecule has 0 radical (unpaired) electrons. The lowest BCUT2D eigenvalue weighted by atomic mass is 10.1. The van der Waals surface area contributed by atoms with Crippen LogP contribution >= 0.6 is 0 Å². The van der Waals surface area contributed by atoms with E-state index in [0.29, 0.717) is 6.61 Å². The minimum atomic E-state index is -0.260. The number of carbonyl (C=O) groups is 1. The number of rotatable bonds is 4. The van der Waals surface area contributed by atoms with E-state index < -0.39 is 0 Å². The fraction of sp³-hybridized carbons (Fsp3) is 0.545. The maximum atomic E-state index is 11.0. The van der Waals surface area contributed by atoms with Crippen LogP contribution in [0.3, 0.4) is 0 Å². The molecule has 0 spiro atoms. The molecule has 2 heteroatoms. The Morgan fingerprint density at radius 3 is 2.77 bits per heavy atom. The molecule has 0 rings (SSSR count). The zero-order valence-corrected chi connectivity index (χ0v) is 8.52. The van der Waals surface area contributed by atoms with E-state index in [9.17, 15) is 4.79 Å². The maximum Gasteiger partial charge on any atom is 0.330 e. The van der Waals surface area contributed by atoms with E-state index in [1.54, 1.807) is 6.92 Å². The number of allylic oxidation sites excluding steroid dienone is 1. The molecule has 0 saturated heterocycles. The highest BCUT2D eigenvalue weighted by Crippen LogP contribution is 2.03. The lowest BCUT2D eigenvalue weighted by Crippen LogP contribution is -2.00. The van der Waals surface area contributed by atoms with Crippen molar-refractivity contribution in [3.05, 3.63) is 11.6 Å². The number of carbonyl (C=O) groups excluding carboxylic acids is 1. The van der Waals surface area contributed by atoms with E-state index in [2.05, 4.69) is 11.8 Å². The molecule has 0 unspecified atom stereocenters. The van der Waals surface area contributed by atoms with Crippen LogP contribution in [0, 0.1) is 11.8 Å². The summed E-state index contributed by atoms with van der Waals surface area (Å²) in [5.74, 6) is 5.49. The molecular formula is C11H16O2. The predicted molar refractivity (Wildman–Crippen MR) is 53.1 cm³/mol. The average molecular weight is 180 g/mol. The van der Waals surface area contributed by atoms with E-state index in [0.717, 1.165) is 18.4 Å². The van der Waals surface area contributed by atoms with Crippen molar-refractivity contribution in [1.29, 1.82) is 0 Å². The first kappa shape index (κ1) is 11.8. The lowest BCUT2D eigenvalue weighted by Gasteiger charge is -1.98. The summed E-state index contributed by atoms with van der Waals surface area (Å²) >= 11 is 0. The second-order valence-corrected chi connectivity index (χ2v) is 2.67. The van der Waals surface area contributed by atoms with Gasteiger partial charge >= 0.3 is 5.97 Å². The van der Waals surface area contributed by atoms with Gasteiger partial charge in [-0.1, -0.05) is 5.57 Å². The van der Waals surface area contributed by atoms with Gasteiger partial charge in [0.15, 0.2) is 0 Å². The van der Waals surface area contributed by atoms with Crippen molar-refractivity contribution in [2.75, 3.05) is 6.61 Å². The maximum absolute atomic E-state index is 11.0. The zero-order chi connectivity index (χ0) is 10.1. The third kappa shape index (κ3) is 7.14. The largest absolute Gasteiger partial charge is 0.463 e. The van der Waals surface area contributed by atoms with E-state index in [1.807, 2.05) is 13.8 Å². The molecular weight excluding hydrogens is 164 g/mol. The van der Waals surface area contributed by atoms with Crippen LogP contribution < -0.4 is 0 Å². The van der Waals surface area contributed by atoms with Gasteiger partial charge in [-0.3, -0.25) is 0 Å². The van der Waals surface area contributed by atoms with E-state index >= 15 is 0 Å². The Morgan fingerprint density at radius 1 is 1.54 bits per heavy atom. The second-order valence-electron chi connectivity index (χ2n) is 2.67. The van der Waals surface area contributed by atoms with Crippen LogP contribution in [-0.4, -0.2) is 12.6 Å². The fourth-order valence-corrected chi connectivity index (χ4v) is 0.842. The molecule has 0 fully saturated rings. The van der Waals surface area contributed by atoms with Gasteiger partial charge in [-0.25, -0.2) is 4.79 Å². The first-order valence-electron chi connectivity index (χ1n) is 4.44. The van der Waals surface area contributed by atoms with E-state index in [-0.39, 0.29) is 5.97 Å². The van der Waals surface area contributed by atoms with Crippen molar-refractivity contribution in [3.8, 4) is 11.8 Å². The van der Waals surface area contributed by atoms with Gasteiger partial charge in [-0.05, 0) is 27.2 Å². The molecule has 0 heterocycles. The van der Waals surface area contributed by atoms with Crippen molar-refractivity contribution >= 4 is 5.97 Å². The van der Waals surface area contributed by atoms with Crippen LogP contribution in [0.5, 0.6) is 0 Å². The molecule has 2 nitrogen and oxygen atoms in total. The molecule has 0 bridgehead atoms. The van der Waals surface area contributed by atoms with Gasteiger partial charge in [0.25, 0.3) is 0 Å². The monoisotopic (exact) mass is 180 g/mol. The van der Waals surface area contributed by atoms with Crippen LogP contribution in [0.15, 0.2) is 11.6 Å². The van der Waals surface area contributed by atoms with Crippen LogP contribution in [0.4, 0.5) is 0 Å². The Labute approximate surface area is 80.0 Å². The normalized spacial score (nSPS) is 10.2. The van der Waals surface area contributed by atoms with Crippen molar-refractivity contribution in [2.45, 2.75) is 33.6 Å². The molecule has 0 aliphatic carbocycles. The summed E-state index contributed by atoms with van der Waals surface area (Å²) in [4.78, 5) is 11.0. The van der Waals surface area contributed by atoms with Gasteiger partial charge in [-0.2, -0.15) is 0 Å². The molecule has 0 saturated carbocycles. The zero-order valence-electron chi connectivity index (χ0n) is 8.52. The van der Waals surface area contributed by atoms with Crippen LogP contribution in [0.1, 0.15) is 33.6 Å². The Hall–Kier alpha value is -1.23. The minimum Gasteiger partial charge on any atom is -0.463 e. The molecule has 0 aliphatic heterocycles. The second kappa shape index (κ2) is 7.42. The number of esters is 1. The summed E-state index contributed by atoms with van der Waals surface area (Å²) in [6, 6.07) is 0. The molecule has 0 aromatic carbocycles. The van der Waals surface area contributed by atoms with Crippen LogP contribution in [-0.2, 0) is 9.53 Å². The van der Waals surface area contributed by atoms with Gasteiger partial charge in [-0.15, -0.1) is 11.8 Å². The first-order chi connectivity index (χ1) is 6.20. The third-order valence-electron chi connectivity index (χ3n) is 1.47. The SMILES string of the molecule is CC#CCCC(C)=CC(=O)OCC. The standard InChI is InChI=1S/C11H16O2/c1-4-6-7-8-10(3)9-11(12)13-5-2/h9H,5,7-8H2,1-3H3. The Balaban J connectivity index is 3.84. The van der Waals surface area contributed by atoms with Gasteiger partial charge in [0.1, 0.15) is 0 Å². The van der Waals surface area contributed by atoms with E-state index in [4.69, 9.17) is 4.74 Å². The third-order valence-corrected chi connectivity index (χ3v) is 1.47. The fourth-order valence-electron chi connectivity index (χ4n) is 0.842. The summed E-state index contributed by atoms with van der Waals surface area (Å²) < 4.78 is 4.77. The molecule has 0 aliphatic rings. The molecule has 0 amide bonds. The van der Waals surface area contributed by atoms with E-state index in [1.165, 1.54) is 6.08 Å². The lowest BCUT2D eigenvalue weighted by molar-refractivity contribution is -0.137. The minimum absolute atomic E-state index is 0.260. The van der Waals surface area contributed by atoms with Gasteiger partial charge < -0.3 is 4.74 Å². The van der Waals surface area contributed by atoms with Gasteiger partial charge in [0.2, 0.25) is 0 Å². The smallest absolute Gasteiger partial charge is 0.330 e. The molecule has 0 atom stereocenters. The van der Waals surface area contributed by atoms with Crippen molar-refractivity contribution in [2.24, 2.45) is 0 Å². The number of hydrogen-bond acceptors (Lipinski definition) is 2. The highest BCUT2D eigenvalue weighted by atomic mass is 16.5. The van der Waals surface area contributed by atoms with Crippen LogP contribution in [0.25, 0.3) is 0 Å². The highest BCUT2D eigenvalue weighted by molar-refractivity contribution is 5.82. The highest BCUT2D eigenvalue weighted by Gasteiger charge is 1.96. The Morgan fingerprint density at radius 2 is 2.23 bits per heavy atom. The van der Waals surface area contributed by atoms with Crippen LogP contribution in [0.2, 0.25) is 0 Å². The van der Waals surface area contributed by atoms with Crippen molar-refractivity contribution in [3.63, 3.8) is 0 Å². The average Bonchev–Trinajstić information content (AvgIpc) is 2.05. The van der Waals surface area contributed by atoms with Crippen molar-refractivity contribution < 1.29 is 9.53 Å². The molecule has 0 N–H and O–H groups in total. The predicted octanol–water partition coefficient (Wildman–Crippen LogP) is 2.30. The molecule has 72 valence electrons. The summed E-state index contributed by atoms with van der Waals surface area (Å²) in [6.45, 7) is 5.94. The number of ether oxygens (including phenoxy) is 1. The molecule has 0 aromatic rings. The summed E-state index contributed by atoms with van der Waals surface area (Å²) in [5, 5.41) is 0. The molecule has 0 aromatic heterocycles. The van der Waals surface area contributed by atoms with Gasteiger partial charge in [0, 0.05) is 12.5 Å². The first-order valence-corrected chi connectivity index (χ1v) is 4.44. The quantitative estimate of drug-likeness (QED) is 0.377. The Kier molecular flexibility index (Phi) is 6.72. The molecule has 13 heavy (non-hydrogen) atoms.